The number of nitrogens with one attached hydrogen (secondary N) is 1. The highest BCUT2D eigenvalue weighted by molar-refractivity contribution is 7.13. The molecule has 4 rings (SSSR count). The minimum absolute atomic E-state index is 0. The summed E-state index contributed by atoms with van der Waals surface area (Å²) in [5, 5.41) is 7.03. The van der Waals surface area contributed by atoms with E-state index in [4.69, 9.17) is 11.6 Å². The van der Waals surface area contributed by atoms with Crippen LogP contribution in [0.25, 0.3) is 10.6 Å². The molecule has 0 aliphatic carbocycles. The minimum Gasteiger partial charge on any atom is -0.342 e. The summed E-state index contributed by atoms with van der Waals surface area (Å²) in [5.74, 6) is 1.68. The van der Waals surface area contributed by atoms with Gasteiger partial charge < -0.3 is 10.2 Å². The Morgan fingerprint density at radius 1 is 1.19 bits per heavy atom. The molecule has 2 aliphatic heterocycles. The van der Waals surface area contributed by atoms with Gasteiger partial charge in [0, 0.05) is 24.0 Å². The van der Waals surface area contributed by atoms with Gasteiger partial charge in [0.1, 0.15) is 5.01 Å². The predicted molar refractivity (Wildman–Crippen MR) is 116 cm³/mol. The van der Waals surface area contributed by atoms with Crippen LogP contribution < -0.4 is 5.32 Å². The van der Waals surface area contributed by atoms with Crippen molar-refractivity contribution in [3.63, 3.8) is 0 Å². The Morgan fingerprint density at radius 2 is 1.85 bits per heavy atom. The van der Waals surface area contributed by atoms with Gasteiger partial charge in [0.2, 0.25) is 5.91 Å². The number of fused-ring (bicyclic) bond motifs is 1. The van der Waals surface area contributed by atoms with Crippen LogP contribution in [-0.4, -0.2) is 42.0 Å². The van der Waals surface area contributed by atoms with Gasteiger partial charge in [-0.1, -0.05) is 29.8 Å². The van der Waals surface area contributed by atoms with Crippen LogP contribution in [0.1, 0.15) is 18.5 Å². The molecule has 2 aliphatic rings. The molecule has 8 heteroatoms. The van der Waals surface area contributed by atoms with E-state index in [0.29, 0.717) is 11.4 Å². The summed E-state index contributed by atoms with van der Waals surface area (Å²) in [6.07, 6.45) is 2.62. The lowest BCUT2D eigenvalue weighted by atomic mass is 9.92. The second-order valence-electron chi connectivity index (χ2n) is 6.94. The maximum atomic E-state index is 12.7. The van der Waals surface area contributed by atoms with E-state index < -0.39 is 0 Å². The number of nitrogens with zero attached hydrogens (tertiary/aromatic N) is 2. The monoisotopic (exact) mass is 447 g/mol. The van der Waals surface area contributed by atoms with Crippen molar-refractivity contribution in [3.05, 3.63) is 40.4 Å². The first-order valence-corrected chi connectivity index (χ1v) is 10.1. The molecule has 0 spiro atoms. The van der Waals surface area contributed by atoms with Gasteiger partial charge >= 0.3 is 0 Å². The third kappa shape index (κ3) is 5.15. The van der Waals surface area contributed by atoms with Crippen LogP contribution in [-0.2, 0) is 11.2 Å². The van der Waals surface area contributed by atoms with Crippen LogP contribution in [0.15, 0.2) is 29.6 Å². The van der Waals surface area contributed by atoms with E-state index in [9.17, 15) is 4.79 Å². The normalized spacial score (nSPS) is 21.6. The Labute approximate surface area is 181 Å². The van der Waals surface area contributed by atoms with Crippen LogP contribution in [0.2, 0.25) is 5.02 Å². The molecule has 27 heavy (non-hydrogen) atoms. The molecule has 2 aromatic rings. The zero-order chi connectivity index (χ0) is 17.2. The number of hydrogen-bond acceptors (Lipinski definition) is 4. The van der Waals surface area contributed by atoms with Crippen molar-refractivity contribution in [1.82, 2.24) is 15.2 Å². The van der Waals surface area contributed by atoms with Gasteiger partial charge in [0.05, 0.1) is 17.1 Å². The van der Waals surface area contributed by atoms with E-state index >= 15 is 0 Å². The third-order valence-corrected chi connectivity index (χ3v) is 6.61. The molecular weight excluding hydrogens is 425 g/mol. The molecule has 3 heterocycles. The first-order chi connectivity index (χ1) is 12.2. The number of halogens is 3. The average Bonchev–Trinajstić information content (AvgIpc) is 3.21. The molecule has 1 aromatic heterocycles. The highest BCUT2D eigenvalue weighted by atomic mass is 35.5. The number of likely N-dealkylation sites (tertiary alicyclic amines) is 1. The SMILES string of the molecule is Cl.Cl.O=C(Cc1csc(-c2ccccc2Cl)n1)N1CC[C@@H]2CNC[C@@H]2CC1. The second-order valence-corrected chi connectivity index (χ2v) is 8.20. The molecule has 0 unspecified atom stereocenters. The lowest BCUT2D eigenvalue weighted by molar-refractivity contribution is -0.130. The highest BCUT2D eigenvalue weighted by Crippen LogP contribution is 2.31. The maximum Gasteiger partial charge on any atom is 0.228 e. The summed E-state index contributed by atoms with van der Waals surface area (Å²) < 4.78 is 0. The number of carbonyl (C=O) groups excluding carboxylic acids is 1. The third-order valence-electron chi connectivity index (χ3n) is 5.36. The first kappa shape index (κ1) is 22.4. The fourth-order valence-electron chi connectivity index (χ4n) is 3.88. The predicted octanol–water partition coefficient (Wildman–Crippen LogP) is 4.31. The standard InChI is InChI=1S/C19H22ClN3OS.2ClH/c20-17-4-2-1-3-16(17)19-22-15(12-25-19)9-18(24)23-7-5-13-10-21-11-14(13)6-8-23;;/h1-4,12-14,21H,5-11H2;2*1H/t13-,14+;;. The van der Waals surface area contributed by atoms with Gasteiger partial charge in [-0.25, -0.2) is 4.98 Å². The molecule has 4 nitrogen and oxygen atoms in total. The minimum atomic E-state index is 0. The molecule has 1 N–H and O–H groups in total. The summed E-state index contributed by atoms with van der Waals surface area (Å²) in [4.78, 5) is 19.4. The molecule has 2 saturated heterocycles. The molecule has 148 valence electrons. The van der Waals surface area contributed by atoms with E-state index in [1.807, 2.05) is 34.5 Å². The zero-order valence-electron chi connectivity index (χ0n) is 14.9. The van der Waals surface area contributed by atoms with Crippen LogP contribution in [0.3, 0.4) is 0 Å². The van der Waals surface area contributed by atoms with Crippen molar-refractivity contribution in [2.75, 3.05) is 26.2 Å². The summed E-state index contributed by atoms with van der Waals surface area (Å²) in [6, 6.07) is 7.70. The summed E-state index contributed by atoms with van der Waals surface area (Å²) in [7, 11) is 0. The van der Waals surface area contributed by atoms with E-state index in [-0.39, 0.29) is 30.7 Å². The Balaban J connectivity index is 0.00000131. The van der Waals surface area contributed by atoms with E-state index in [1.165, 1.54) is 0 Å². The number of thiazole rings is 1. The lowest BCUT2D eigenvalue weighted by Crippen LogP contribution is -2.34. The van der Waals surface area contributed by atoms with Gasteiger partial charge in [-0.3, -0.25) is 4.79 Å². The van der Waals surface area contributed by atoms with Gasteiger partial charge in [-0.2, -0.15) is 0 Å². The smallest absolute Gasteiger partial charge is 0.228 e. The molecule has 0 saturated carbocycles. The maximum absolute atomic E-state index is 12.7. The Kier molecular flexibility index (Phi) is 8.38. The Bertz CT molecular complexity index is 756. The first-order valence-electron chi connectivity index (χ1n) is 8.88. The average molecular weight is 449 g/mol. The highest BCUT2D eigenvalue weighted by Gasteiger charge is 2.31. The van der Waals surface area contributed by atoms with Crippen LogP contribution in [0.5, 0.6) is 0 Å². The van der Waals surface area contributed by atoms with Crippen LogP contribution in [0.4, 0.5) is 0 Å². The number of rotatable bonds is 3. The van der Waals surface area contributed by atoms with Gasteiger partial charge in [-0.15, -0.1) is 36.2 Å². The zero-order valence-corrected chi connectivity index (χ0v) is 18.1. The molecule has 0 radical (unpaired) electrons. The molecule has 2 fully saturated rings. The van der Waals surface area contributed by atoms with Gasteiger partial charge in [0.15, 0.2) is 0 Å². The Hall–Kier alpha value is -0.850. The van der Waals surface area contributed by atoms with Gasteiger partial charge in [0.25, 0.3) is 0 Å². The number of amides is 1. The molecule has 1 aromatic carbocycles. The topological polar surface area (TPSA) is 45.2 Å². The number of carbonyl (C=O) groups is 1. The van der Waals surface area contributed by atoms with Crippen molar-refractivity contribution in [2.24, 2.45) is 11.8 Å². The number of hydrogen-bond donors (Lipinski definition) is 1. The fraction of sp³-hybridized carbons (Fsp3) is 0.474. The van der Waals surface area contributed by atoms with Gasteiger partial charge in [-0.05, 0) is 43.8 Å². The number of aromatic nitrogens is 1. The summed E-state index contributed by atoms with van der Waals surface area (Å²) in [5.41, 5.74) is 1.78. The van der Waals surface area contributed by atoms with Crippen LogP contribution >= 0.6 is 47.8 Å². The summed E-state index contributed by atoms with van der Waals surface area (Å²) in [6.45, 7) is 3.98. The number of benzene rings is 1. The van der Waals surface area contributed by atoms with Crippen molar-refractivity contribution in [1.29, 1.82) is 0 Å². The summed E-state index contributed by atoms with van der Waals surface area (Å²) >= 11 is 7.80. The molecule has 0 bridgehead atoms. The van der Waals surface area contributed by atoms with E-state index in [1.54, 1.807) is 11.3 Å². The van der Waals surface area contributed by atoms with Crippen molar-refractivity contribution in [2.45, 2.75) is 19.3 Å². The molecular formula is C19H24Cl3N3OS. The molecule has 2 atom stereocenters. The molecule has 1 amide bonds. The fourth-order valence-corrected chi connectivity index (χ4v) is 5.02. The van der Waals surface area contributed by atoms with Crippen LogP contribution in [0, 0.1) is 11.8 Å². The Morgan fingerprint density at radius 3 is 2.52 bits per heavy atom. The largest absolute Gasteiger partial charge is 0.342 e. The van der Waals surface area contributed by atoms with E-state index in [0.717, 1.165) is 67.1 Å². The lowest BCUT2D eigenvalue weighted by Gasteiger charge is -2.20. The van der Waals surface area contributed by atoms with E-state index in [2.05, 4.69) is 10.3 Å². The van der Waals surface area contributed by atoms with Crippen molar-refractivity contribution in [3.8, 4) is 10.6 Å². The van der Waals surface area contributed by atoms with Crippen molar-refractivity contribution >= 4 is 53.7 Å². The quantitative estimate of drug-likeness (QED) is 0.761. The second kappa shape index (κ2) is 10.1. The van der Waals surface area contributed by atoms with Crippen molar-refractivity contribution < 1.29 is 4.79 Å².